The third-order valence-corrected chi connectivity index (χ3v) is 7.36. The number of piperazine rings is 1. The van der Waals surface area contributed by atoms with Crippen LogP contribution in [0.3, 0.4) is 0 Å². The lowest BCUT2D eigenvalue weighted by Gasteiger charge is -2.34. The Morgan fingerprint density at radius 2 is 1.59 bits per heavy atom. The van der Waals surface area contributed by atoms with Gasteiger partial charge in [0.15, 0.2) is 0 Å². The van der Waals surface area contributed by atoms with Gasteiger partial charge in [-0.05, 0) is 37.1 Å². The van der Waals surface area contributed by atoms with Gasteiger partial charge in [-0.15, -0.1) is 0 Å². The molecule has 0 spiro atoms. The number of sulfonamides is 1. The fraction of sp³-hybridized carbons (Fsp3) is 0.409. The summed E-state index contributed by atoms with van der Waals surface area (Å²) in [6.07, 6.45) is 0. The monoisotopic (exact) mass is 415 g/mol. The van der Waals surface area contributed by atoms with E-state index in [9.17, 15) is 13.2 Å². The van der Waals surface area contributed by atoms with E-state index in [2.05, 4.69) is 0 Å². The Morgan fingerprint density at radius 3 is 2.21 bits per heavy atom. The Kier molecular flexibility index (Phi) is 6.72. The van der Waals surface area contributed by atoms with Gasteiger partial charge in [0.05, 0.1) is 11.4 Å². The van der Waals surface area contributed by atoms with Gasteiger partial charge >= 0.3 is 0 Å². The SMILES string of the molecule is Cc1ccc(S(=O)(=O)N2CCN(CC(=O)N(C)Cc3ccccc3C)CC2)cc1. The quantitative estimate of drug-likeness (QED) is 0.726. The number of carbonyl (C=O) groups is 1. The van der Waals surface area contributed by atoms with Gasteiger partial charge in [-0.25, -0.2) is 8.42 Å². The van der Waals surface area contributed by atoms with Crippen molar-refractivity contribution in [2.45, 2.75) is 25.3 Å². The summed E-state index contributed by atoms with van der Waals surface area (Å²) < 4.78 is 27.1. The number of rotatable bonds is 6. The highest BCUT2D eigenvalue weighted by molar-refractivity contribution is 7.89. The maximum absolute atomic E-state index is 12.8. The Hall–Kier alpha value is -2.22. The van der Waals surface area contributed by atoms with Crippen molar-refractivity contribution < 1.29 is 13.2 Å². The van der Waals surface area contributed by atoms with E-state index in [1.807, 2.05) is 62.2 Å². The predicted molar refractivity (Wildman–Crippen MR) is 114 cm³/mol. The average molecular weight is 416 g/mol. The molecule has 2 aromatic rings. The number of amides is 1. The standard InChI is InChI=1S/C22H29N3O3S/c1-18-8-10-21(11-9-18)29(27,28)25-14-12-24(13-15-25)17-22(26)23(3)16-20-7-5-4-6-19(20)2/h4-11H,12-17H2,1-3H3. The summed E-state index contributed by atoms with van der Waals surface area (Å²) in [5.74, 6) is 0.0445. The van der Waals surface area contributed by atoms with Crippen molar-refractivity contribution in [1.82, 2.24) is 14.1 Å². The Bertz CT molecular complexity index is 950. The lowest BCUT2D eigenvalue weighted by atomic mass is 10.1. The van der Waals surface area contributed by atoms with Crippen molar-refractivity contribution in [3.8, 4) is 0 Å². The van der Waals surface area contributed by atoms with E-state index in [-0.39, 0.29) is 5.91 Å². The Balaban J connectivity index is 1.53. The first-order chi connectivity index (χ1) is 13.8. The highest BCUT2D eigenvalue weighted by Crippen LogP contribution is 2.18. The molecule has 0 aromatic heterocycles. The molecule has 0 bridgehead atoms. The zero-order valence-electron chi connectivity index (χ0n) is 17.3. The Morgan fingerprint density at radius 1 is 0.966 bits per heavy atom. The van der Waals surface area contributed by atoms with Gasteiger partial charge in [-0.3, -0.25) is 9.69 Å². The molecular formula is C22H29N3O3S. The molecule has 1 amide bonds. The van der Waals surface area contributed by atoms with E-state index < -0.39 is 10.0 Å². The molecule has 0 unspecified atom stereocenters. The molecule has 1 aliphatic rings. The highest BCUT2D eigenvalue weighted by Gasteiger charge is 2.29. The molecule has 29 heavy (non-hydrogen) atoms. The van der Waals surface area contributed by atoms with Crippen LogP contribution in [-0.4, -0.2) is 68.2 Å². The third kappa shape index (κ3) is 5.23. The predicted octanol–water partition coefficient (Wildman–Crippen LogP) is 2.27. The van der Waals surface area contributed by atoms with Crippen LogP contribution in [-0.2, 0) is 21.4 Å². The topological polar surface area (TPSA) is 60.9 Å². The van der Waals surface area contributed by atoms with Gasteiger partial charge in [0.25, 0.3) is 0 Å². The van der Waals surface area contributed by atoms with E-state index in [0.717, 1.165) is 11.1 Å². The van der Waals surface area contributed by atoms with Crippen LogP contribution in [0.1, 0.15) is 16.7 Å². The van der Waals surface area contributed by atoms with Gasteiger partial charge < -0.3 is 4.90 Å². The number of benzene rings is 2. The molecule has 6 nitrogen and oxygen atoms in total. The molecule has 1 saturated heterocycles. The molecule has 2 aromatic carbocycles. The summed E-state index contributed by atoms with van der Waals surface area (Å²) in [5, 5.41) is 0. The molecule has 0 N–H and O–H groups in total. The van der Waals surface area contributed by atoms with Crippen molar-refractivity contribution in [3.05, 3.63) is 65.2 Å². The number of carbonyl (C=O) groups excluding carboxylic acids is 1. The molecule has 0 aliphatic carbocycles. The fourth-order valence-corrected chi connectivity index (χ4v) is 4.85. The summed E-state index contributed by atoms with van der Waals surface area (Å²) in [6.45, 7) is 6.75. The molecule has 1 fully saturated rings. The van der Waals surface area contributed by atoms with E-state index >= 15 is 0 Å². The van der Waals surface area contributed by atoms with Crippen LogP contribution in [0.15, 0.2) is 53.4 Å². The highest BCUT2D eigenvalue weighted by atomic mass is 32.2. The second kappa shape index (κ2) is 9.07. The largest absolute Gasteiger partial charge is 0.340 e. The van der Waals surface area contributed by atoms with Gasteiger partial charge in [0.1, 0.15) is 0 Å². The van der Waals surface area contributed by atoms with E-state index in [0.29, 0.717) is 44.2 Å². The van der Waals surface area contributed by atoms with Gasteiger partial charge in [0.2, 0.25) is 15.9 Å². The number of nitrogens with zero attached hydrogens (tertiary/aromatic N) is 3. The molecular weight excluding hydrogens is 386 g/mol. The van der Waals surface area contributed by atoms with Crippen LogP contribution in [0.25, 0.3) is 0 Å². The summed E-state index contributed by atoms with van der Waals surface area (Å²) in [7, 11) is -1.67. The number of likely N-dealkylation sites (N-methyl/N-ethyl adjacent to an activating group) is 1. The smallest absolute Gasteiger partial charge is 0.243 e. The molecule has 7 heteroatoms. The first-order valence-electron chi connectivity index (χ1n) is 9.85. The number of hydrogen-bond acceptors (Lipinski definition) is 4. The summed E-state index contributed by atoms with van der Waals surface area (Å²) in [6, 6.07) is 15.0. The van der Waals surface area contributed by atoms with E-state index in [1.54, 1.807) is 17.0 Å². The Labute approximate surface area is 173 Å². The van der Waals surface area contributed by atoms with Gasteiger partial charge in [-0.2, -0.15) is 4.31 Å². The zero-order chi connectivity index (χ0) is 21.0. The van der Waals surface area contributed by atoms with Crippen molar-refractivity contribution >= 4 is 15.9 Å². The minimum Gasteiger partial charge on any atom is -0.340 e. The first kappa shape index (κ1) is 21.5. The van der Waals surface area contributed by atoms with Crippen LogP contribution in [0, 0.1) is 13.8 Å². The number of hydrogen-bond donors (Lipinski definition) is 0. The van der Waals surface area contributed by atoms with Crippen LogP contribution >= 0.6 is 0 Å². The van der Waals surface area contributed by atoms with E-state index in [1.165, 1.54) is 9.87 Å². The second-order valence-electron chi connectivity index (χ2n) is 7.67. The lowest BCUT2D eigenvalue weighted by Crippen LogP contribution is -2.51. The van der Waals surface area contributed by atoms with Crippen LogP contribution in [0.2, 0.25) is 0 Å². The lowest BCUT2D eigenvalue weighted by molar-refractivity contribution is -0.131. The minimum atomic E-state index is -3.48. The third-order valence-electron chi connectivity index (χ3n) is 5.44. The summed E-state index contributed by atoms with van der Waals surface area (Å²) in [5.41, 5.74) is 3.33. The second-order valence-corrected chi connectivity index (χ2v) is 9.61. The average Bonchev–Trinajstić information content (AvgIpc) is 2.70. The molecule has 0 radical (unpaired) electrons. The fourth-order valence-electron chi connectivity index (χ4n) is 3.43. The van der Waals surface area contributed by atoms with Gasteiger partial charge in [-0.1, -0.05) is 42.0 Å². The molecule has 0 saturated carbocycles. The van der Waals surface area contributed by atoms with Gasteiger partial charge in [0, 0.05) is 39.8 Å². The van der Waals surface area contributed by atoms with Crippen molar-refractivity contribution in [3.63, 3.8) is 0 Å². The molecule has 0 atom stereocenters. The normalized spacial score (nSPS) is 16.0. The molecule has 156 valence electrons. The molecule has 1 heterocycles. The number of aryl methyl sites for hydroxylation is 2. The maximum atomic E-state index is 12.8. The van der Waals surface area contributed by atoms with Crippen molar-refractivity contribution in [2.24, 2.45) is 0 Å². The molecule has 1 aliphatic heterocycles. The van der Waals surface area contributed by atoms with Crippen LogP contribution < -0.4 is 0 Å². The van der Waals surface area contributed by atoms with E-state index in [4.69, 9.17) is 0 Å². The van der Waals surface area contributed by atoms with Crippen molar-refractivity contribution in [1.29, 1.82) is 0 Å². The maximum Gasteiger partial charge on any atom is 0.243 e. The van der Waals surface area contributed by atoms with Crippen LogP contribution in [0.5, 0.6) is 0 Å². The zero-order valence-corrected chi connectivity index (χ0v) is 18.2. The summed E-state index contributed by atoms with van der Waals surface area (Å²) in [4.78, 5) is 16.7. The van der Waals surface area contributed by atoms with Crippen LogP contribution in [0.4, 0.5) is 0 Å². The molecule has 3 rings (SSSR count). The minimum absolute atomic E-state index is 0.0445. The van der Waals surface area contributed by atoms with Crippen molar-refractivity contribution in [2.75, 3.05) is 39.8 Å². The summed E-state index contributed by atoms with van der Waals surface area (Å²) >= 11 is 0. The first-order valence-corrected chi connectivity index (χ1v) is 11.3.